The van der Waals surface area contributed by atoms with Gasteiger partial charge in [0.25, 0.3) is 10.0 Å². The maximum atomic E-state index is 14.0. The van der Waals surface area contributed by atoms with E-state index < -0.39 is 44.0 Å². The molecule has 0 bridgehead atoms. The van der Waals surface area contributed by atoms with Crippen LogP contribution in [-0.4, -0.2) is 18.2 Å². The quantitative estimate of drug-likeness (QED) is 0.289. The molecule has 0 aliphatic carbocycles. The van der Waals surface area contributed by atoms with E-state index in [2.05, 4.69) is 5.10 Å². The highest BCUT2D eigenvalue weighted by molar-refractivity contribution is 7.92. The monoisotopic (exact) mass is 439 g/mol. The van der Waals surface area contributed by atoms with E-state index in [9.17, 15) is 30.4 Å². The predicted molar refractivity (Wildman–Crippen MR) is 98.1 cm³/mol. The third-order valence-electron chi connectivity index (χ3n) is 4.25. The first-order valence-electron chi connectivity index (χ1n) is 8.29. The molecule has 11 heteroatoms. The first-order valence-corrected chi connectivity index (χ1v) is 9.77. The van der Waals surface area contributed by atoms with Gasteiger partial charge in [0.05, 0.1) is 16.9 Å². The molecule has 0 aliphatic rings. The first-order chi connectivity index (χ1) is 14.2. The summed E-state index contributed by atoms with van der Waals surface area (Å²) in [6.07, 6.45) is 1.58. The van der Waals surface area contributed by atoms with Crippen molar-refractivity contribution in [3.63, 3.8) is 0 Å². The second kappa shape index (κ2) is 7.10. The van der Waals surface area contributed by atoms with Crippen LogP contribution in [0, 0.1) is 29.1 Å². The largest absolute Gasteiger partial charge is 0.277 e. The maximum absolute atomic E-state index is 14.0. The molecule has 0 fully saturated rings. The van der Waals surface area contributed by atoms with Gasteiger partial charge in [-0.2, -0.15) is 5.10 Å². The topological polar surface area (TPSA) is 64.0 Å². The molecule has 1 aromatic heterocycles. The molecule has 0 unspecified atom stereocenters. The van der Waals surface area contributed by atoms with Crippen LogP contribution in [0.2, 0.25) is 0 Å². The zero-order valence-electron chi connectivity index (χ0n) is 14.7. The van der Waals surface area contributed by atoms with Gasteiger partial charge in [0.15, 0.2) is 28.2 Å². The van der Waals surface area contributed by atoms with Gasteiger partial charge in [-0.25, -0.2) is 35.1 Å². The molecule has 0 spiro atoms. The van der Waals surface area contributed by atoms with E-state index in [0.29, 0.717) is 5.52 Å². The van der Waals surface area contributed by atoms with Gasteiger partial charge in [-0.1, -0.05) is 30.3 Å². The third-order valence-corrected chi connectivity index (χ3v) is 5.63. The fourth-order valence-corrected chi connectivity index (χ4v) is 4.08. The van der Waals surface area contributed by atoms with Crippen LogP contribution in [0.1, 0.15) is 0 Å². The van der Waals surface area contributed by atoms with Crippen LogP contribution in [0.15, 0.2) is 59.6 Å². The summed E-state index contributed by atoms with van der Waals surface area (Å²) < 4.78 is 96.5. The van der Waals surface area contributed by atoms with Crippen LogP contribution in [0.3, 0.4) is 0 Å². The van der Waals surface area contributed by atoms with Crippen LogP contribution in [0.5, 0.6) is 0 Å². The number of hydrogen-bond donors (Lipinski definition) is 1. The number of sulfonamides is 1. The fourth-order valence-electron chi connectivity index (χ4n) is 2.86. The highest BCUT2D eigenvalue weighted by Crippen LogP contribution is 2.30. The number of benzene rings is 3. The van der Waals surface area contributed by atoms with E-state index >= 15 is 0 Å². The lowest BCUT2D eigenvalue weighted by atomic mass is 10.2. The number of aromatic nitrogens is 2. The van der Waals surface area contributed by atoms with E-state index in [1.165, 1.54) is 22.9 Å². The van der Waals surface area contributed by atoms with E-state index in [0.717, 1.165) is 5.39 Å². The minimum absolute atomic E-state index is 0.168. The van der Waals surface area contributed by atoms with Crippen molar-refractivity contribution >= 4 is 26.6 Å². The first kappa shape index (κ1) is 19.8. The molecule has 0 atom stereocenters. The lowest BCUT2D eigenvalue weighted by molar-refractivity contribution is 0.358. The van der Waals surface area contributed by atoms with Crippen molar-refractivity contribution < 1.29 is 30.4 Å². The smallest absolute Gasteiger partial charge is 0.268 e. The molecular weight excluding hydrogens is 429 g/mol. The summed E-state index contributed by atoms with van der Waals surface area (Å²) in [5, 5.41) is 5.02. The number of nitrogens with zero attached hydrogens (tertiary/aromatic N) is 2. The Morgan fingerprint density at radius 3 is 2.00 bits per heavy atom. The fraction of sp³-hybridized carbons (Fsp3) is 0. The number of para-hydroxylation sites is 2. The summed E-state index contributed by atoms with van der Waals surface area (Å²) >= 11 is 0. The van der Waals surface area contributed by atoms with Gasteiger partial charge in [0, 0.05) is 11.6 Å². The normalized spacial score (nSPS) is 11.8. The molecule has 4 aromatic rings. The van der Waals surface area contributed by atoms with Crippen molar-refractivity contribution in [1.29, 1.82) is 0 Å². The average Bonchev–Trinajstić information content (AvgIpc) is 3.15. The number of hydrogen-bond acceptors (Lipinski definition) is 3. The summed E-state index contributed by atoms with van der Waals surface area (Å²) in [7, 11) is -5.18. The lowest BCUT2D eigenvalue weighted by Gasteiger charge is -2.14. The number of fused-ring (bicyclic) bond motifs is 1. The van der Waals surface area contributed by atoms with E-state index in [4.69, 9.17) is 0 Å². The Morgan fingerprint density at radius 2 is 1.33 bits per heavy atom. The maximum Gasteiger partial charge on any atom is 0.268 e. The Bertz CT molecular complexity index is 1340. The van der Waals surface area contributed by atoms with E-state index in [1.54, 1.807) is 36.5 Å². The number of nitrogens with one attached hydrogen (secondary N) is 1. The summed E-state index contributed by atoms with van der Waals surface area (Å²) in [6, 6.07) is 12.7. The molecule has 154 valence electrons. The second-order valence-electron chi connectivity index (χ2n) is 6.15. The van der Waals surface area contributed by atoms with Gasteiger partial charge in [-0.15, -0.1) is 0 Å². The molecular formula is C19H10F5N3O2S. The molecule has 3 aromatic carbocycles. The van der Waals surface area contributed by atoms with E-state index in [-0.39, 0.29) is 11.4 Å². The highest BCUT2D eigenvalue weighted by atomic mass is 32.2. The van der Waals surface area contributed by atoms with Crippen molar-refractivity contribution in [2.24, 2.45) is 0 Å². The lowest BCUT2D eigenvalue weighted by Crippen LogP contribution is -2.20. The number of halogens is 5. The summed E-state index contributed by atoms with van der Waals surface area (Å²) in [5.41, 5.74) is 0.574. The minimum Gasteiger partial charge on any atom is -0.277 e. The second-order valence-corrected chi connectivity index (χ2v) is 7.77. The number of anilines is 1. The van der Waals surface area contributed by atoms with Crippen molar-refractivity contribution in [1.82, 2.24) is 9.78 Å². The Labute approximate surface area is 166 Å². The van der Waals surface area contributed by atoms with Crippen LogP contribution in [-0.2, 0) is 10.0 Å². The molecule has 0 saturated heterocycles. The zero-order valence-corrected chi connectivity index (χ0v) is 15.5. The Hall–Kier alpha value is -3.47. The minimum atomic E-state index is -5.18. The average molecular weight is 439 g/mol. The van der Waals surface area contributed by atoms with Crippen LogP contribution in [0.25, 0.3) is 16.6 Å². The van der Waals surface area contributed by atoms with Gasteiger partial charge in [-0.3, -0.25) is 4.72 Å². The van der Waals surface area contributed by atoms with Crippen molar-refractivity contribution in [2.75, 3.05) is 4.72 Å². The third kappa shape index (κ3) is 3.16. The Morgan fingerprint density at radius 1 is 0.767 bits per heavy atom. The van der Waals surface area contributed by atoms with Crippen LogP contribution < -0.4 is 4.72 Å². The highest BCUT2D eigenvalue weighted by Gasteiger charge is 2.34. The molecule has 1 N–H and O–H groups in total. The van der Waals surface area contributed by atoms with Crippen LogP contribution in [0.4, 0.5) is 27.6 Å². The van der Waals surface area contributed by atoms with Crippen LogP contribution >= 0.6 is 0 Å². The molecule has 5 nitrogen and oxygen atoms in total. The van der Waals surface area contributed by atoms with Gasteiger partial charge >= 0.3 is 0 Å². The molecule has 0 aliphatic heterocycles. The molecule has 4 rings (SSSR count). The zero-order chi connectivity index (χ0) is 21.6. The Kier molecular flexibility index (Phi) is 4.69. The predicted octanol–water partition coefficient (Wildman–Crippen LogP) is 4.52. The molecule has 0 saturated carbocycles. The summed E-state index contributed by atoms with van der Waals surface area (Å²) in [5.74, 6) is -12.1. The molecule has 1 heterocycles. The van der Waals surface area contributed by atoms with Gasteiger partial charge in [0.1, 0.15) is 0 Å². The van der Waals surface area contributed by atoms with Crippen molar-refractivity contribution in [3.8, 4) is 5.69 Å². The molecule has 0 radical (unpaired) electrons. The SMILES string of the molecule is O=S(=O)(Nc1ccccc1-n1cc2ccccc2n1)c1c(F)c(F)c(F)c(F)c1F. The molecule has 0 amide bonds. The van der Waals surface area contributed by atoms with Gasteiger partial charge in [0.2, 0.25) is 5.82 Å². The van der Waals surface area contributed by atoms with Crippen molar-refractivity contribution in [2.45, 2.75) is 4.90 Å². The Balaban J connectivity index is 1.83. The summed E-state index contributed by atoms with van der Waals surface area (Å²) in [4.78, 5) is -1.97. The number of rotatable bonds is 4. The van der Waals surface area contributed by atoms with E-state index in [1.807, 2.05) is 4.72 Å². The standard InChI is InChI=1S/C19H10F5N3O2S/c20-14-15(21)17(23)19(18(24)16(14)22)30(28,29)26-12-7-3-4-8-13(12)27-9-10-5-1-2-6-11(10)25-27/h1-9,26H. The van der Waals surface area contributed by atoms with Gasteiger partial charge in [-0.05, 0) is 18.2 Å². The summed E-state index contributed by atoms with van der Waals surface area (Å²) in [6.45, 7) is 0. The van der Waals surface area contributed by atoms with Gasteiger partial charge < -0.3 is 0 Å². The van der Waals surface area contributed by atoms with Crippen molar-refractivity contribution in [3.05, 3.63) is 83.8 Å². The molecule has 30 heavy (non-hydrogen) atoms.